The van der Waals surface area contributed by atoms with Crippen molar-refractivity contribution in [3.05, 3.63) is 81.6 Å². The van der Waals surface area contributed by atoms with Crippen molar-refractivity contribution >= 4 is 16.9 Å². The highest BCUT2D eigenvalue weighted by Crippen LogP contribution is 2.19. The molecule has 0 atom stereocenters. The van der Waals surface area contributed by atoms with Crippen LogP contribution < -0.4 is 5.56 Å². The predicted molar refractivity (Wildman–Crippen MR) is 80.8 cm³/mol. The van der Waals surface area contributed by atoms with Gasteiger partial charge in [-0.2, -0.15) is 0 Å². The minimum Gasteiger partial charge on any atom is -0.477 e. The molecule has 0 amide bonds. The molecule has 1 aromatic heterocycles. The Morgan fingerprint density at radius 1 is 1.05 bits per heavy atom. The van der Waals surface area contributed by atoms with Crippen molar-refractivity contribution in [3.63, 3.8) is 0 Å². The van der Waals surface area contributed by atoms with Gasteiger partial charge in [-0.3, -0.25) is 4.79 Å². The van der Waals surface area contributed by atoms with Crippen molar-refractivity contribution < 1.29 is 9.90 Å². The zero-order valence-corrected chi connectivity index (χ0v) is 11.2. The predicted octanol–water partition coefficient (Wildman–Crippen LogP) is 2.82. The second kappa shape index (κ2) is 5.25. The lowest BCUT2D eigenvalue weighted by molar-refractivity contribution is 0.0695. The first-order valence-corrected chi connectivity index (χ1v) is 6.57. The molecule has 2 aromatic carbocycles. The van der Waals surface area contributed by atoms with E-state index in [2.05, 4.69) is 4.98 Å². The summed E-state index contributed by atoms with van der Waals surface area (Å²) >= 11 is 0. The van der Waals surface area contributed by atoms with E-state index in [0.717, 1.165) is 16.5 Å². The number of para-hydroxylation sites is 1. The van der Waals surface area contributed by atoms with Crippen molar-refractivity contribution in [2.24, 2.45) is 0 Å². The second-order valence-electron chi connectivity index (χ2n) is 4.86. The van der Waals surface area contributed by atoms with E-state index in [9.17, 15) is 9.59 Å². The quantitative estimate of drug-likeness (QED) is 0.774. The smallest absolute Gasteiger partial charge is 0.341 e. The average Bonchev–Trinajstić information content (AvgIpc) is 2.48. The number of carbonyl (C=O) groups is 1. The number of nitrogens with one attached hydrogen (secondary N) is 1. The maximum absolute atomic E-state index is 11.8. The number of H-pyrrole nitrogens is 1. The highest BCUT2D eigenvalue weighted by atomic mass is 16.4. The zero-order chi connectivity index (χ0) is 14.8. The molecule has 0 saturated heterocycles. The molecule has 0 aliphatic rings. The molecule has 21 heavy (non-hydrogen) atoms. The molecule has 2 N–H and O–H groups in total. The number of fused-ring (bicyclic) bond motifs is 1. The fraction of sp³-hybridized carbons (Fsp3) is 0.0588. The van der Waals surface area contributed by atoms with Crippen LogP contribution in [0.15, 0.2) is 59.4 Å². The summed E-state index contributed by atoms with van der Waals surface area (Å²) < 4.78 is 0. The summed E-state index contributed by atoms with van der Waals surface area (Å²) in [5.74, 6) is -1.22. The van der Waals surface area contributed by atoms with E-state index in [1.807, 2.05) is 42.5 Å². The van der Waals surface area contributed by atoms with Gasteiger partial charge >= 0.3 is 5.97 Å². The number of aromatic nitrogens is 1. The SMILES string of the molecule is O=C(O)c1cc2cccc(Cc3ccccc3)c2[nH]c1=O. The van der Waals surface area contributed by atoms with E-state index in [4.69, 9.17) is 5.11 Å². The summed E-state index contributed by atoms with van der Waals surface area (Å²) in [6.07, 6.45) is 0.681. The molecule has 0 bridgehead atoms. The van der Waals surface area contributed by atoms with Gasteiger partial charge in [0.05, 0.1) is 5.52 Å². The summed E-state index contributed by atoms with van der Waals surface area (Å²) in [6.45, 7) is 0. The van der Waals surface area contributed by atoms with E-state index >= 15 is 0 Å². The molecule has 0 saturated carbocycles. The number of benzene rings is 2. The van der Waals surface area contributed by atoms with Gasteiger partial charge in [-0.25, -0.2) is 4.79 Å². The molecule has 0 unspecified atom stereocenters. The van der Waals surface area contributed by atoms with Gasteiger partial charge in [-0.05, 0) is 29.0 Å². The van der Waals surface area contributed by atoms with Crippen LogP contribution in [-0.2, 0) is 6.42 Å². The van der Waals surface area contributed by atoms with E-state index < -0.39 is 11.5 Å². The summed E-state index contributed by atoms with van der Waals surface area (Å²) in [7, 11) is 0. The van der Waals surface area contributed by atoms with Crippen LogP contribution in [0.4, 0.5) is 0 Å². The van der Waals surface area contributed by atoms with Crippen LogP contribution in [0, 0.1) is 0 Å². The normalized spacial score (nSPS) is 10.7. The summed E-state index contributed by atoms with van der Waals surface area (Å²) in [4.78, 5) is 25.6. The van der Waals surface area contributed by atoms with Gasteiger partial charge < -0.3 is 10.1 Å². The number of aromatic amines is 1. The van der Waals surface area contributed by atoms with E-state index in [1.165, 1.54) is 6.07 Å². The van der Waals surface area contributed by atoms with Crippen molar-refractivity contribution in [1.82, 2.24) is 4.98 Å². The van der Waals surface area contributed by atoms with Crippen molar-refractivity contribution in [3.8, 4) is 0 Å². The summed E-state index contributed by atoms with van der Waals surface area (Å²) in [5.41, 5.74) is 1.98. The maximum Gasteiger partial charge on any atom is 0.341 e. The van der Waals surface area contributed by atoms with E-state index in [-0.39, 0.29) is 5.56 Å². The Bertz CT molecular complexity index is 866. The van der Waals surface area contributed by atoms with Gasteiger partial charge in [0.15, 0.2) is 0 Å². The fourth-order valence-corrected chi connectivity index (χ4v) is 2.42. The third-order valence-electron chi connectivity index (χ3n) is 3.43. The highest BCUT2D eigenvalue weighted by Gasteiger charge is 2.11. The monoisotopic (exact) mass is 279 g/mol. The largest absolute Gasteiger partial charge is 0.477 e. The number of carboxylic acid groups (broad SMARTS) is 1. The number of carboxylic acids is 1. The Balaban J connectivity index is 2.14. The van der Waals surface area contributed by atoms with Gasteiger partial charge in [-0.1, -0.05) is 48.5 Å². The number of hydrogen-bond donors (Lipinski definition) is 2. The maximum atomic E-state index is 11.8. The van der Waals surface area contributed by atoms with E-state index in [1.54, 1.807) is 6.07 Å². The first-order valence-electron chi connectivity index (χ1n) is 6.57. The molecular formula is C17H13NO3. The van der Waals surface area contributed by atoms with Crippen molar-refractivity contribution in [2.45, 2.75) is 6.42 Å². The lowest BCUT2D eigenvalue weighted by Crippen LogP contribution is -2.17. The lowest BCUT2D eigenvalue weighted by Gasteiger charge is -2.07. The van der Waals surface area contributed by atoms with Gasteiger partial charge in [-0.15, -0.1) is 0 Å². The summed E-state index contributed by atoms with van der Waals surface area (Å²) in [5, 5.41) is 9.73. The molecule has 104 valence electrons. The molecule has 0 radical (unpaired) electrons. The van der Waals surface area contributed by atoms with Crippen LogP contribution in [0.3, 0.4) is 0 Å². The summed E-state index contributed by atoms with van der Waals surface area (Å²) in [6, 6.07) is 16.9. The standard InChI is InChI=1S/C17H13NO3/c19-16-14(17(20)21)10-13-8-4-7-12(15(13)18-16)9-11-5-2-1-3-6-11/h1-8,10H,9H2,(H,18,19)(H,20,21). The molecular weight excluding hydrogens is 266 g/mol. The molecule has 0 fully saturated rings. The fourth-order valence-electron chi connectivity index (χ4n) is 2.42. The van der Waals surface area contributed by atoms with Crippen molar-refractivity contribution in [1.29, 1.82) is 0 Å². The minimum atomic E-state index is -1.22. The number of hydrogen-bond acceptors (Lipinski definition) is 2. The number of pyridine rings is 1. The molecule has 4 nitrogen and oxygen atoms in total. The minimum absolute atomic E-state index is 0.237. The van der Waals surface area contributed by atoms with Crippen LogP contribution in [0.25, 0.3) is 10.9 Å². The Morgan fingerprint density at radius 2 is 1.81 bits per heavy atom. The van der Waals surface area contributed by atoms with Gasteiger partial charge in [0.25, 0.3) is 5.56 Å². The van der Waals surface area contributed by atoms with Crippen LogP contribution in [-0.4, -0.2) is 16.1 Å². The van der Waals surface area contributed by atoms with Gasteiger partial charge in [0.2, 0.25) is 0 Å². The van der Waals surface area contributed by atoms with Crippen LogP contribution in [0.1, 0.15) is 21.5 Å². The Kier molecular flexibility index (Phi) is 3.28. The molecule has 4 heteroatoms. The van der Waals surface area contributed by atoms with Crippen LogP contribution >= 0.6 is 0 Å². The van der Waals surface area contributed by atoms with Crippen molar-refractivity contribution in [2.75, 3.05) is 0 Å². The van der Waals surface area contributed by atoms with Gasteiger partial charge in [0, 0.05) is 0 Å². The first-order chi connectivity index (χ1) is 10.1. The van der Waals surface area contributed by atoms with Crippen LogP contribution in [0.5, 0.6) is 0 Å². The average molecular weight is 279 g/mol. The highest BCUT2D eigenvalue weighted by molar-refractivity contribution is 5.93. The van der Waals surface area contributed by atoms with Crippen LogP contribution in [0.2, 0.25) is 0 Å². The number of aromatic carboxylic acids is 1. The zero-order valence-electron chi connectivity index (χ0n) is 11.2. The molecule has 0 spiro atoms. The van der Waals surface area contributed by atoms with Gasteiger partial charge in [0.1, 0.15) is 5.56 Å². The Hall–Kier alpha value is -2.88. The lowest BCUT2D eigenvalue weighted by atomic mass is 10.0. The topological polar surface area (TPSA) is 70.2 Å². The molecule has 0 aliphatic carbocycles. The third kappa shape index (κ3) is 2.56. The molecule has 3 rings (SSSR count). The molecule has 1 heterocycles. The Labute approximate surface area is 120 Å². The third-order valence-corrected chi connectivity index (χ3v) is 3.43. The van der Waals surface area contributed by atoms with E-state index in [0.29, 0.717) is 11.9 Å². The Morgan fingerprint density at radius 3 is 2.52 bits per heavy atom. The first kappa shape index (κ1) is 13.1. The second-order valence-corrected chi connectivity index (χ2v) is 4.86. The number of rotatable bonds is 3. The molecule has 0 aliphatic heterocycles. The molecule has 3 aromatic rings.